The Labute approximate surface area is 236 Å². The third-order valence-corrected chi connectivity index (χ3v) is 10.5. The molecule has 0 atom stereocenters. The Balaban J connectivity index is 0.000000211. The van der Waals surface area contributed by atoms with E-state index in [-0.39, 0.29) is 42.1 Å². The van der Waals surface area contributed by atoms with Crippen LogP contribution in [0, 0.1) is 16.2 Å². The summed E-state index contributed by atoms with van der Waals surface area (Å²) in [5, 5.41) is 0. The van der Waals surface area contributed by atoms with Crippen molar-refractivity contribution in [2.75, 3.05) is 0 Å². The second-order valence-corrected chi connectivity index (χ2v) is 16.1. The van der Waals surface area contributed by atoms with Gasteiger partial charge in [-0.3, -0.25) is 0 Å². The number of rotatable bonds is 4. The minimum atomic E-state index is -0.246. The lowest BCUT2D eigenvalue weighted by atomic mass is 9.59. The molecule has 2 aliphatic heterocycles. The average Bonchev–Trinajstić information content (AvgIpc) is 3.11. The zero-order valence-corrected chi connectivity index (χ0v) is 27.4. The van der Waals surface area contributed by atoms with E-state index in [2.05, 4.69) is 109 Å². The molecule has 2 fully saturated rings. The summed E-state index contributed by atoms with van der Waals surface area (Å²) in [7, 11) is -0.305. The molecule has 0 aromatic rings. The van der Waals surface area contributed by atoms with Gasteiger partial charge in [0.25, 0.3) is 0 Å². The molecule has 0 saturated carbocycles. The predicted molar refractivity (Wildman–Crippen MR) is 162 cm³/mol. The fourth-order valence-corrected chi connectivity index (χ4v) is 6.66. The molecule has 2 aliphatic carbocycles. The van der Waals surface area contributed by atoms with Crippen molar-refractivity contribution in [3.8, 4) is 0 Å². The summed E-state index contributed by atoms with van der Waals surface area (Å²) in [4.78, 5) is 0. The first-order valence-corrected chi connectivity index (χ1v) is 15.2. The lowest BCUT2D eigenvalue weighted by Gasteiger charge is -2.39. The molecule has 0 aromatic carbocycles. The Morgan fingerprint density at radius 3 is 1.42 bits per heavy atom. The van der Waals surface area contributed by atoms with Crippen LogP contribution in [-0.2, 0) is 18.6 Å². The van der Waals surface area contributed by atoms with E-state index in [0.29, 0.717) is 10.8 Å². The molecule has 0 spiro atoms. The maximum Gasteiger partial charge on any atom is 0.490 e. The molecule has 4 nitrogen and oxygen atoms in total. The van der Waals surface area contributed by atoms with Crippen LogP contribution in [0.1, 0.15) is 142 Å². The lowest BCUT2D eigenvalue weighted by Crippen LogP contribution is -2.41. The van der Waals surface area contributed by atoms with E-state index in [0.717, 1.165) is 12.8 Å². The van der Waals surface area contributed by atoms with Gasteiger partial charge >= 0.3 is 14.2 Å². The normalized spacial score (nSPS) is 29.7. The highest BCUT2D eigenvalue weighted by atomic mass is 16.7. The molecule has 0 unspecified atom stereocenters. The van der Waals surface area contributed by atoms with Crippen LogP contribution in [0.5, 0.6) is 0 Å². The highest BCUT2D eigenvalue weighted by molar-refractivity contribution is 6.55. The van der Waals surface area contributed by atoms with Crippen LogP contribution in [0.25, 0.3) is 0 Å². The number of hydrogen-bond donors (Lipinski definition) is 0. The van der Waals surface area contributed by atoms with Gasteiger partial charge in [-0.25, -0.2) is 0 Å². The van der Waals surface area contributed by atoms with E-state index in [1.165, 1.54) is 43.0 Å². The second-order valence-electron chi connectivity index (χ2n) is 16.1. The maximum absolute atomic E-state index is 6.20. The Kier molecular flexibility index (Phi) is 8.73. The smallest absolute Gasteiger partial charge is 0.400 e. The summed E-state index contributed by atoms with van der Waals surface area (Å²) in [6, 6.07) is 0. The first-order chi connectivity index (χ1) is 17.1. The lowest BCUT2D eigenvalue weighted by molar-refractivity contribution is 0.00578. The van der Waals surface area contributed by atoms with Crippen LogP contribution >= 0.6 is 0 Å². The molecule has 4 aliphatic rings. The minimum Gasteiger partial charge on any atom is -0.400 e. The molecule has 6 heteroatoms. The van der Waals surface area contributed by atoms with Crippen LogP contribution in [-0.4, -0.2) is 36.6 Å². The van der Waals surface area contributed by atoms with Gasteiger partial charge in [-0.1, -0.05) is 66.5 Å². The predicted octanol–water partition coefficient (Wildman–Crippen LogP) is 8.92. The third-order valence-electron chi connectivity index (χ3n) is 10.5. The molecule has 38 heavy (non-hydrogen) atoms. The van der Waals surface area contributed by atoms with Crippen molar-refractivity contribution < 1.29 is 18.6 Å². The maximum atomic E-state index is 6.20. The van der Waals surface area contributed by atoms with E-state index in [1.807, 2.05) is 0 Å². The summed E-state index contributed by atoms with van der Waals surface area (Å²) in [6.45, 7) is 30.9. The number of hydrogen-bond acceptors (Lipinski definition) is 4. The van der Waals surface area contributed by atoms with E-state index >= 15 is 0 Å². The summed E-state index contributed by atoms with van der Waals surface area (Å²) < 4.78 is 24.7. The topological polar surface area (TPSA) is 36.9 Å². The van der Waals surface area contributed by atoms with Gasteiger partial charge in [-0.15, -0.1) is 0 Å². The zero-order valence-electron chi connectivity index (χ0n) is 27.4. The van der Waals surface area contributed by atoms with E-state index < -0.39 is 0 Å². The monoisotopic (exact) mass is 528 g/mol. The summed E-state index contributed by atoms with van der Waals surface area (Å²) in [5.41, 5.74) is 2.81. The summed E-state index contributed by atoms with van der Waals surface area (Å²) >= 11 is 0. The van der Waals surface area contributed by atoms with Gasteiger partial charge in [0.15, 0.2) is 0 Å². The highest BCUT2D eigenvalue weighted by Gasteiger charge is 2.54. The second kappa shape index (κ2) is 10.4. The Morgan fingerprint density at radius 2 is 1.08 bits per heavy atom. The quantitative estimate of drug-likeness (QED) is 0.342. The SMILES string of the molecule is CC1(C)C=C(B2OC(C)(C)C(C)(C)O2)CC(C)(C)C1.CCC1(CC)CC=C(B2OC(C)(C)C(C)(C)O2)CC1. The number of allylic oxidation sites excluding steroid dienone is 4. The Hall–Kier alpha value is -0.550. The molecule has 4 rings (SSSR count). The van der Waals surface area contributed by atoms with Crippen LogP contribution in [0.2, 0.25) is 0 Å². The van der Waals surface area contributed by atoms with Crippen molar-refractivity contribution in [2.24, 2.45) is 16.2 Å². The van der Waals surface area contributed by atoms with E-state index in [9.17, 15) is 0 Å². The van der Waals surface area contributed by atoms with Crippen LogP contribution in [0.15, 0.2) is 23.1 Å². The molecule has 216 valence electrons. The van der Waals surface area contributed by atoms with Gasteiger partial charge in [-0.2, -0.15) is 0 Å². The Morgan fingerprint density at radius 1 is 0.658 bits per heavy atom. The van der Waals surface area contributed by atoms with Gasteiger partial charge in [0.1, 0.15) is 0 Å². The van der Waals surface area contributed by atoms with Crippen molar-refractivity contribution in [2.45, 2.75) is 164 Å². The highest BCUT2D eigenvalue weighted by Crippen LogP contribution is 2.48. The molecule has 2 saturated heterocycles. The van der Waals surface area contributed by atoms with Crippen LogP contribution in [0.3, 0.4) is 0 Å². The van der Waals surface area contributed by atoms with Crippen molar-refractivity contribution in [3.63, 3.8) is 0 Å². The molecule has 0 radical (unpaired) electrons. The first-order valence-electron chi connectivity index (χ1n) is 15.2. The first kappa shape index (κ1) is 32.0. The van der Waals surface area contributed by atoms with E-state index in [1.54, 1.807) is 0 Å². The van der Waals surface area contributed by atoms with Crippen molar-refractivity contribution >= 4 is 14.2 Å². The fourth-order valence-electron chi connectivity index (χ4n) is 6.66. The molecule has 0 N–H and O–H groups in total. The van der Waals surface area contributed by atoms with Gasteiger partial charge in [0.2, 0.25) is 0 Å². The van der Waals surface area contributed by atoms with Gasteiger partial charge in [0.05, 0.1) is 22.4 Å². The standard InChI is InChI=1S/2C16H29BO2/c1-13(2)9-12(10-14(3,4)11-13)17-18-15(5,6)16(7,8)19-17;1-7-16(8-2)11-9-13(10-12-16)17-18-14(3,4)15(5,6)19-17/h9H,10-11H2,1-8H3;9H,7-8,10-12H2,1-6H3. The molecular formula is C32H58B2O4. The molecule has 0 bridgehead atoms. The van der Waals surface area contributed by atoms with Gasteiger partial charge in [0, 0.05) is 0 Å². The minimum absolute atomic E-state index is 0.128. The zero-order chi connectivity index (χ0) is 29.0. The fraction of sp³-hybridized carbons (Fsp3) is 0.875. The van der Waals surface area contributed by atoms with Gasteiger partial charge < -0.3 is 18.6 Å². The third kappa shape index (κ3) is 6.67. The summed E-state index contributed by atoms with van der Waals surface area (Å²) in [5.74, 6) is 0. The molecule has 0 aromatic heterocycles. The van der Waals surface area contributed by atoms with Crippen molar-refractivity contribution in [3.05, 3.63) is 23.1 Å². The largest absolute Gasteiger partial charge is 0.490 e. The average molecular weight is 528 g/mol. The van der Waals surface area contributed by atoms with Crippen LogP contribution in [0.4, 0.5) is 0 Å². The van der Waals surface area contributed by atoms with Crippen molar-refractivity contribution in [1.82, 2.24) is 0 Å². The molecular weight excluding hydrogens is 470 g/mol. The van der Waals surface area contributed by atoms with Crippen LogP contribution < -0.4 is 0 Å². The van der Waals surface area contributed by atoms with E-state index in [4.69, 9.17) is 18.6 Å². The Bertz CT molecular complexity index is 890. The van der Waals surface area contributed by atoms with Crippen molar-refractivity contribution in [1.29, 1.82) is 0 Å². The molecule has 0 amide bonds. The van der Waals surface area contributed by atoms with Gasteiger partial charge in [-0.05, 0) is 115 Å². The summed E-state index contributed by atoms with van der Waals surface area (Å²) in [6.07, 6.45) is 13.2. The molecule has 2 heterocycles.